The van der Waals surface area contributed by atoms with E-state index in [4.69, 9.17) is 27.9 Å². The number of nitrogens with zero attached hydrogens (tertiary/aromatic N) is 1. The Hall–Kier alpha value is -2.70. The Balaban J connectivity index is 1.76. The summed E-state index contributed by atoms with van der Waals surface area (Å²) in [6, 6.07) is 12.1. The second-order valence-corrected chi connectivity index (χ2v) is 7.38. The Kier molecular flexibility index (Phi) is 6.67. The highest BCUT2D eigenvalue weighted by Gasteiger charge is 2.20. The molecule has 2 aromatic carbocycles. The summed E-state index contributed by atoms with van der Waals surface area (Å²) in [4.78, 5) is 30.1. The summed E-state index contributed by atoms with van der Waals surface area (Å²) in [6.07, 6.45) is 0.717. The van der Waals surface area contributed by atoms with Crippen molar-refractivity contribution in [2.45, 2.75) is 13.3 Å². The quantitative estimate of drug-likeness (QED) is 0.551. The number of ether oxygens (including phenoxy) is 1. The SMILES string of the molecule is CCCN(CC(=O)Nc1ccc(Cl)cc1Cl)C(=O)c1cc2ccc(OC)cc2[nH]1. The van der Waals surface area contributed by atoms with Gasteiger partial charge >= 0.3 is 0 Å². The van der Waals surface area contributed by atoms with E-state index < -0.39 is 0 Å². The number of carbonyl (C=O) groups is 2. The van der Waals surface area contributed by atoms with Gasteiger partial charge in [-0.3, -0.25) is 9.59 Å². The number of hydrogen-bond acceptors (Lipinski definition) is 3. The van der Waals surface area contributed by atoms with Gasteiger partial charge < -0.3 is 19.9 Å². The second-order valence-electron chi connectivity index (χ2n) is 6.54. The number of nitrogens with one attached hydrogen (secondary N) is 2. The van der Waals surface area contributed by atoms with Gasteiger partial charge in [-0.25, -0.2) is 0 Å². The van der Waals surface area contributed by atoms with Gasteiger partial charge in [0.15, 0.2) is 0 Å². The van der Waals surface area contributed by atoms with Crippen LogP contribution in [0.1, 0.15) is 23.8 Å². The topological polar surface area (TPSA) is 74.4 Å². The fourth-order valence-corrected chi connectivity index (χ4v) is 3.45. The molecule has 0 atom stereocenters. The van der Waals surface area contributed by atoms with Gasteiger partial charge in [0, 0.05) is 28.5 Å². The van der Waals surface area contributed by atoms with Gasteiger partial charge in [-0.15, -0.1) is 0 Å². The number of benzene rings is 2. The van der Waals surface area contributed by atoms with Crippen molar-refractivity contribution in [2.75, 3.05) is 25.5 Å². The van der Waals surface area contributed by atoms with E-state index in [9.17, 15) is 9.59 Å². The molecule has 1 heterocycles. The lowest BCUT2D eigenvalue weighted by atomic mass is 10.2. The third kappa shape index (κ3) is 5.02. The number of rotatable bonds is 7. The highest BCUT2D eigenvalue weighted by atomic mass is 35.5. The van der Waals surface area contributed by atoms with Gasteiger partial charge in [0.05, 0.1) is 17.8 Å². The molecule has 0 aliphatic rings. The van der Waals surface area contributed by atoms with E-state index in [1.165, 1.54) is 4.90 Å². The molecule has 6 nitrogen and oxygen atoms in total. The number of aromatic amines is 1. The molecule has 0 aliphatic carbocycles. The zero-order valence-electron chi connectivity index (χ0n) is 16.1. The number of fused-ring (bicyclic) bond motifs is 1. The lowest BCUT2D eigenvalue weighted by Gasteiger charge is -2.21. The molecular weight excluding hydrogens is 413 g/mol. The molecular formula is C21H21Cl2N3O3. The second kappa shape index (κ2) is 9.20. The number of H-pyrrole nitrogens is 1. The number of aromatic nitrogens is 1. The van der Waals surface area contributed by atoms with E-state index >= 15 is 0 Å². The van der Waals surface area contributed by atoms with Gasteiger partial charge in [-0.05, 0) is 42.8 Å². The Bertz CT molecular complexity index is 1050. The highest BCUT2D eigenvalue weighted by molar-refractivity contribution is 6.36. The van der Waals surface area contributed by atoms with Crippen LogP contribution in [0, 0.1) is 0 Å². The molecule has 0 radical (unpaired) electrons. The molecule has 0 aliphatic heterocycles. The number of anilines is 1. The van der Waals surface area contributed by atoms with Crippen molar-refractivity contribution in [3.8, 4) is 5.75 Å². The molecule has 2 N–H and O–H groups in total. The van der Waals surface area contributed by atoms with Crippen LogP contribution in [0.25, 0.3) is 10.9 Å². The molecule has 3 aromatic rings. The molecule has 8 heteroatoms. The average Bonchev–Trinajstić information content (AvgIpc) is 3.12. The minimum atomic E-state index is -0.339. The molecule has 0 saturated carbocycles. The standard InChI is InChI=1S/C21H21Cl2N3O3/c1-3-8-26(12-20(27)25-17-7-5-14(22)10-16(17)23)21(28)19-9-13-4-6-15(29-2)11-18(13)24-19/h4-7,9-11,24H,3,8,12H2,1-2H3,(H,25,27). The van der Waals surface area contributed by atoms with Gasteiger partial charge in [-0.2, -0.15) is 0 Å². The summed E-state index contributed by atoms with van der Waals surface area (Å²) in [5.41, 5.74) is 1.66. The zero-order chi connectivity index (χ0) is 21.0. The first kappa shape index (κ1) is 21.0. The summed E-state index contributed by atoms with van der Waals surface area (Å²) in [7, 11) is 1.59. The van der Waals surface area contributed by atoms with Crippen molar-refractivity contribution in [2.24, 2.45) is 0 Å². The number of methoxy groups -OCH3 is 1. The first-order valence-corrected chi connectivity index (χ1v) is 9.87. The molecule has 2 amide bonds. The fourth-order valence-electron chi connectivity index (χ4n) is 2.99. The van der Waals surface area contributed by atoms with E-state index in [0.29, 0.717) is 33.7 Å². The molecule has 3 rings (SSSR count). The van der Waals surface area contributed by atoms with Gasteiger partial charge in [0.25, 0.3) is 5.91 Å². The summed E-state index contributed by atoms with van der Waals surface area (Å²) in [5, 5.41) is 4.43. The van der Waals surface area contributed by atoms with Crippen LogP contribution in [0.2, 0.25) is 10.0 Å². The molecule has 0 saturated heterocycles. The summed E-state index contributed by atoms with van der Waals surface area (Å²) in [6.45, 7) is 2.30. The maximum absolute atomic E-state index is 13.0. The van der Waals surface area contributed by atoms with E-state index in [2.05, 4.69) is 10.3 Å². The molecule has 0 spiro atoms. The Morgan fingerprint density at radius 1 is 1.14 bits per heavy atom. The summed E-state index contributed by atoms with van der Waals surface area (Å²) < 4.78 is 5.22. The minimum absolute atomic E-state index is 0.0929. The molecule has 0 unspecified atom stereocenters. The maximum atomic E-state index is 13.0. The number of halogens is 2. The molecule has 29 heavy (non-hydrogen) atoms. The van der Waals surface area contributed by atoms with Crippen LogP contribution in [-0.4, -0.2) is 41.9 Å². The number of amides is 2. The van der Waals surface area contributed by atoms with Crippen molar-refractivity contribution in [1.82, 2.24) is 9.88 Å². The van der Waals surface area contributed by atoms with E-state index in [1.54, 1.807) is 31.4 Å². The van der Waals surface area contributed by atoms with Crippen LogP contribution in [0.15, 0.2) is 42.5 Å². The third-order valence-corrected chi connectivity index (χ3v) is 4.93. The minimum Gasteiger partial charge on any atom is -0.497 e. The van der Waals surface area contributed by atoms with Crippen LogP contribution in [0.4, 0.5) is 5.69 Å². The molecule has 152 valence electrons. The first-order chi connectivity index (χ1) is 13.9. The molecule has 1 aromatic heterocycles. The zero-order valence-corrected chi connectivity index (χ0v) is 17.6. The van der Waals surface area contributed by atoms with Crippen LogP contribution < -0.4 is 10.1 Å². The van der Waals surface area contributed by atoms with Crippen LogP contribution in [0.3, 0.4) is 0 Å². The lowest BCUT2D eigenvalue weighted by Crippen LogP contribution is -2.38. The van der Waals surface area contributed by atoms with Crippen molar-refractivity contribution in [1.29, 1.82) is 0 Å². The lowest BCUT2D eigenvalue weighted by molar-refractivity contribution is -0.116. The Morgan fingerprint density at radius 3 is 2.62 bits per heavy atom. The highest BCUT2D eigenvalue weighted by Crippen LogP contribution is 2.25. The van der Waals surface area contributed by atoms with Crippen molar-refractivity contribution in [3.63, 3.8) is 0 Å². The first-order valence-electron chi connectivity index (χ1n) is 9.12. The van der Waals surface area contributed by atoms with E-state index in [1.807, 2.05) is 25.1 Å². The van der Waals surface area contributed by atoms with E-state index in [0.717, 1.165) is 17.3 Å². The smallest absolute Gasteiger partial charge is 0.270 e. The summed E-state index contributed by atoms with van der Waals surface area (Å²) >= 11 is 12.0. The number of carbonyl (C=O) groups excluding carboxylic acids is 2. The Morgan fingerprint density at radius 2 is 1.93 bits per heavy atom. The normalized spacial score (nSPS) is 10.8. The predicted molar refractivity (Wildman–Crippen MR) is 116 cm³/mol. The monoisotopic (exact) mass is 433 g/mol. The van der Waals surface area contributed by atoms with Crippen molar-refractivity contribution >= 4 is 51.6 Å². The van der Waals surface area contributed by atoms with Gasteiger partial charge in [0.1, 0.15) is 18.0 Å². The maximum Gasteiger partial charge on any atom is 0.270 e. The average molecular weight is 434 g/mol. The van der Waals surface area contributed by atoms with Crippen molar-refractivity contribution in [3.05, 3.63) is 58.2 Å². The third-order valence-electron chi connectivity index (χ3n) is 4.38. The number of hydrogen-bond donors (Lipinski definition) is 2. The largest absolute Gasteiger partial charge is 0.497 e. The van der Waals surface area contributed by atoms with Crippen LogP contribution >= 0.6 is 23.2 Å². The van der Waals surface area contributed by atoms with Crippen LogP contribution in [-0.2, 0) is 4.79 Å². The molecule has 0 fully saturated rings. The van der Waals surface area contributed by atoms with Crippen molar-refractivity contribution < 1.29 is 14.3 Å². The van der Waals surface area contributed by atoms with Crippen LogP contribution in [0.5, 0.6) is 5.75 Å². The predicted octanol–water partition coefficient (Wildman–Crippen LogP) is 4.97. The summed E-state index contributed by atoms with van der Waals surface area (Å²) in [5.74, 6) is 0.108. The fraction of sp³-hybridized carbons (Fsp3) is 0.238. The van der Waals surface area contributed by atoms with E-state index in [-0.39, 0.29) is 18.4 Å². The van der Waals surface area contributed by atoms with Gasteiger partial charge in [-0.1, -0.05) is 30.1 Å². The molecule has 0 bridgehead atoms. The van der Waals surface area contributed by atoms with Gasteiger partial charge in [0.2, 0.25) is 5.91 Å². The Labute approximate surface area is 178 Å².